The lowest BCUT2D eigenvalue weighted by Crippen LogP contribution is -2.20. The van der Waals surface area contributed by atoms with Gasteiger partial charge in [-0.05, 0) is 73.5 Å². The molecular formula is C23H21ClN4O3. The number of ether oxygens (including phenoxy) is 2. The zero-order valence-electron chi connectivity index (χ0n) is 17.3. The summed E-state index contributed by atoms with van der Waals surface area (Å²) in [5.41, 5.74) is 4.71. The van der Waals surface area contributed by atoms with E-state index in [9.17, 15) is 4.79 Å². The molecule has 0 saturated heterocycles. The molecule has 3 aromatic carbocycles. The van der Waals surface area contributed by atoms with Gasteiger partial charge in [0.25, 0.3) is 5.91 Å². The summed E-state index contributed by atoms with van der Waals surface area (Å²) in [5.74, 6) is 0.980. The molecular weight excluding hydrogens is 416 g/mol. The minimum atomic E-state index is -0.294. The molecule has 1 amide bonds. The molecule has 4 aromatic rings. The topological polar surface area (TPSA) is 78.3 Å². The van der Waals surface area contributed by atoms with Crippen molar-refractivity contribution in [1.29, 1.82) is 0 Å². The number of rotatable bonds is 6. The van der Waals surface area contributed by atoms with E-state index in [1.807, 2.05) is 50.2 Å². The van der Waals surface area contributed by atoms with Crippen LogP contribution in [-0.2, 0) is 4.79 Å². The number of benzene rings is 3. The predicted molar refractivity (Wildman–Crippen MR) is 120 cm³/mol. The van der Waals surface area contributed by atoms with Gasteiger partial charge in [-0.3, -0.25) is 4.79 Å². The number of aromatic nitrogens is 3. The highest BCUT2D eigenvalue weighted by Crippen LogP contribution is 2.29. The molecule has 0 bridgehead atoms. The van der Waals surface area contributed by atoms with Gasteiger partial charge >= 0.3 is 0 Å². The average molecular weight is 437 g/mol. The average Bonchev–Trinajstić information content (AvgIpc) is 3.16. The number of carbonyl (C=O) groups is 1. The van der Waals surface area contributed by atoms with Gasteiger partial charge < -0.3 is 14.8 Å². The van der Waals surface area contributed by atoms with Gasteiger partial charge in [0.1, 0.15) is 22.5 Å². The van der Waals surface area contributed by atoms with Crippen molar-refractivity contribution < 1.29 is 14.3 Å². The Kier molecular flexibility index (Phi) is 5.77. The molecule has 0 saturated carbocycles. The van der Waals surface area contributed by atoms with Gasteiger partial charge in [-0.25, -0.2) is 0 Å². The van der Waals surface area contributed by atoms with Gasteiger partial charge in [-0.1, -0.05) is 17.7 Å². The van der Waals surface area contributed by atoms with E-state index >= 15 is 0 Å². The third-order valence-electron chi connectivity index (χ3n) is 4.69. The second kappa shape index (κ2) is 8.65. The van der Waals surface area contributed by atoms with Crippen molar-refractivity contribution in [2.24, 2.45) is 0 Å². The van der Waals surface area contributed by atoms with Crippen LogP contribution in [0, 0.1) is 13.8 Å². The first-order valence-electron chi connectivity index (χ1n) is 9.64. The van der Waals surface area contributed by atoms with E-state index in [4.69, 9.17) is 21.1 Å². The van der Waals surface area contributed by atoms with Crippen LogP contribution < -0.4 is 14.8 Å². The Bertz CT molecular complexity index is 1230. The van der Waals surface area contributed by atoms with E-state index in [0.29, 0.717) is 27.5 Å². The fourth-order valence-electron chi connectivity index (χ4n) is 3.24. The molecule has 0 fully saturated rings. The number of methoxy groups -OCH3 is 1. The van der Waals surface area contributed by atoms with Crippen molar-refractivity contribution in [2.75, 3.05) is 19.0 Å². The maximum Gasteiger partial charge on any atom is 0.262 e. The number of halogens is 1. The van der Waals surface area contributed by atoms with Crippen LogP contribution in [0.25, 0.3) is 16.7 Å². The SMILES string of the molecule is COc1ccc(-n2nc3ccc(NC(=O)COc4c(C)cc(C)cc4Cl)cc3n2)cc1. The molecule has 4 rings (SSSR count). The molecule has 158 valence electrons. The van der Waals surface area contributed by atoms with Crippen molar-refractivity contribution in [1.82, 2.24) is 15.0 Å². The zero-order chi connectivity index (χ0) is 22.0. The Balaban J connectivity index is 1.45. The Morgan fingerprint density at radius 3 is 2.48 bits per heavy atom. The smallest absolute Gasteiger partial charge is 0.262 e. The molecule has 0 atom stereocenters. The fourth-order valence-corrected chi connectivity index (χ4v) is 3.62. The van der Waals surface area contributed by atoms with Gasteiger partial charge in [0.15, 0.2) is 6.61 Å². The summed E-state index contributed by atoms with van der Waals surface area (Å²) in [6.45, 7) is 3.70. The summed E-state index contributed by atoms with van der Waals surface area (Å²) in [7, 11) is 1.62. The first kappa shape index (κ1) is 20.7. The van der Waals surface area contributed by atoms with Crippen LogP contribution in [0.3, 0.4) is 0 Å². The highest BCUT2D eigenvalue weighted by Gasteiger charge is 2.11. The molecule has 7 nitrogen and oxygen atoms in total. The van der Waals surface area contributed by atoms with E-state index in [1.165, 1.54) is 0 Å². The number of fused-ring (bicyclic) bond motifs is 1. The lowest BCUT2D eigenvalue weighted by atomic mass is 10.1. The lowest BCUT2D eigenvalue weighted by molar-refractivity contribution is -0.118. The van der Waals surface area contributed by atoms with Crippen molar-refractivity contribution in [3.05, 3.63) is 70.7 Å². The number of nitrogens with one attached hydrogen (secondary N) is 1. The van der Waals surface area contributed by atoms with Crippen molar-refractivity contribution >= 4 is 34.2 Å². The van der Waals surface area contributed by atoms with Crippen molar-refractivity contribution in [2.45, 2.75) is 13.8 Å². The molecule has 8 heteroatoms. The normalized spacial score (nSPS) is 10.8. The van der Waals surface area contributed by atoms with Crippen LogP contribution in [0.4, 0.5) is 5.69 Å². The van der Waals surface area contributed by atoms with Crippen LogP contribution in [-0.4, -0.2) is 34.6 Å². The number of amides is 1. The van der Waals surface area contributed by atoms with Gasteiger partial charge in [0.05, 0.1) is 17.8 Å². The second-order valence-corrected chi connectivity index (χ2v) is 7.53. The lowest BCUT2D eigenvalue weighted by Gasteiger charge is -2.12. The minimum Gasteiger partial charge on any atom is -0.497 e. The predicted octanol–water partition coefficient (Wildman–Crippen LogP) is 4.72. The molecule has 0 spiro atoms. The first-order valence-corrected chi connectivity index (χ1v) is 10.0. The van der Waals surface area contributed by atoms with Crippen LogP contribution in [0.1, 0.15) is 11.1 Å². The van der Waals surface area contributed by atoms with E-state index in [2.05, 4.69) is 15.5 Å². The Morgan fingerprint density at radius 2 is 1.77 bits per heavy atom. The minimum absolute atomic E-state index is 0.153. The highest BCUT2D eigenvalue weighted by molar-refractivity contribution is 6.32. The van der Waals surface area contributed by atoms with Gasteiger partial charge in [0.2, 0.25) is 0 Å². The molecule has 0 radical (unpaired) electrons. The number of hydrogen-bond donors (Lipinski definition) is 1. The second-order valence-electron chi connectivity index (χ2n) is 7.12. The quantitative estimate of drug-likeness (QED) is 0.473. The number of nitrogens with zero attached hydrogens (tertiary/aromatic N) is 3. The van der Waals surface area contributed by atoms with Crippen LogP contribution in [0.2, 0.25) is 5.02 Å². The summed E-state index contributed by atoms with van der Waals surface area (Å²) in [6, 6.07) is 16.5. The third-order valence-corrected chi connectivity index (χ3v) is 4.97. The molecule has 0 aliphatic rings. The maximum atomic E-state index is 12.4. The highest BCUT2D eigenvalue weighted by atomic mass is 35.5. The Labute approximate surface area is 184 Å². The first-order chi connectivity index (χ1) is 14.9. The summed E-state index contributed by atoms with van der Waals surface area (Å²) < 4.78 is 10.8. The summed E-state index contributed by atoms with van der Waals surface area (Å²) in [4.78, 5) is 13.9. The van der Waals surface area contributed by atoms with Crippen LogP contribution in [0.5, 0.6) is 11.5 Å². The molecule has 1 aromatic heterocycles. The number of hydrogen-bond acceptors (Lipinski definition) is 5. The Morgan fingerprint density at radius 1 is 1.03 bits per heavy atom. The summed E-state index contributed by atoms with van der Waals surface area (Å²) >= 11 is 6.23. The van der Waals surface area contributed by atoms with Crippen molar-refractivity contribution in [3.8, 4) is 17.2 Å². The van der Waals surface area contributed by atoms with E-state index < -0.39 is 0 Å². The molecule has 31 heavy (non-hydrogen) atoms. The van der Waals surface area contributed by atoms with Gasteiger partial charge in [-0.2, -0.15) is 4.80 Å². The van der Waals surface area contributed by atoms with E-state index in [0.717, 1.165) is 22.6 Å². The van der Waals surface area contributed by atoms with E-state index in [-0.39, 0.29) is 12.5 Å². The Hall–Kier alpha value is -3.58. The monoisotopic (exact) mass is 436 g/mol. The number of carbonyl (C=O) groups excluding carboxylic acids is 1. The summed E-state index contributed by atoms with van der Waals surface area (Å²) in [5, 5.41) is 12.3. The molecule has 1 heterocycles. The number of anilines is 1. The standard InChI is InChI=1S/C23H21ClN4O3/c1-14-10-15(2)23(19(24)11-14)31-13-22(29)25-16-4-9-20-21(12-16)27-28(26-20)17-5-7-18(30-3)8-6-17/h4-12H,13H2,1-3H3,(H,25,29). The maximum absolute atomic E-state index is 12.4. The third kappa shape index (κ3) is 4.62. The van der Waals surface area contributed by atoms with Crippen LogP contribution in [0.15, 0.2) is 54.6 Å². The molecule has 0 aliphatic heterocycles. The van der Waals surface area contributed by atoms with E-state index in [1.54, 1.807) is 30.1 Å². The number of aryl methyl sites for hydroxylation is 2. The summed E-state index contributed by atoms with van der Waals surface area (Å²) in [6.07, 6.45) is 0. The van der Waals surface area contributed by atoms with Crippen molar-refractivity contribution in [3.63, 3.8) is 0 Å². The zero-order valence-corrected chi connectivity index (χ0v) is 18.1. The molecule has 1 N–H and O–H groups in total. The molecule has 0 aliphatic carbocycles. The van der Waals surface area contributed by atoms with Crippen LogP contribution >= 0.6 is 11.6 Å². The van der Waals surface area contributed by atoms with Gasteiger partial charge in [-0.15, -0.1) is 10.2 Å². The largest absolute Gasteiger partial charge is 0.497 e. The molecule has 0 unspecified atom stereocenters. The van der Waals surface area contributed by atoms with Gasteiger partial charge in [0, 0.05) is 5.69 Å². The fraction of sp³-hybridized carbons (Fsp3) is 0.174.